The van der Waals surface area contributed by atoms with Crippen LogP contribution in [0, 0.1) is 4.91 Å². The second-order valence-corrected chi connectivity index (χ2v) is 8.47. The maximum atomic E-state index is 14.4. The van der Waals surface area contributed by atoms with E-state index in [1.54, 1.807) is 30.5 Å². The van der Waals surface area contributed by atoms with Crippen LogP contribution in [0.2, 0.25) is 0 Å². The highest BCUT2D eigenvalue weighted by Gasteiger charge is 2.41. The molecule has 0 radical (unpaired) electrons. The molecule has 1 N–H and O–H groups in total. The number of anilines is 1. The standard InChI is InChI=1S/C21H21F4N8O2/c1-31(34)12-8-14(22)16(9-12)26-20-27-19(35-2)18-13(5-6-32(18)29-20)11-3-4-15-17(7-11)33(30-28-15)10-21(23,24)25/h3-7,12,14,16H,8-10H2,1-2H3,(H,26,29)/q+1/t12?,14-,16+/m0/s1. The number of hydrogen-bond donors (Lipinski definition) is 1. The maximum absolute atomic E-state index is 14.4. The van der Waals surface area contributed by atoms with Crippen molar-refractivity contribution in [1.29, 1.82) is 0 Å². The third-order valence-electron chi connectivity index (χ3n) is 6.11. The molecular weight excluding hydrogens is 472 g/mol. The van der Waals surface area contributed by atoms with E-state index in [0.29, 0.717) is 28.6 Å². The minimum absolute atomic E-state index is 0.118. The summed E-state index contributed by atoms with van der Waals surface area (Å²) in [4.78, 5) is 15.9. The van der Waals surface area contributed by atoms with Gasteiger partial charge >= 0.3 is 6.18 Å². The molecule has 10 nitrogen and oxygen atoms in total. The normalized spacial score (nSPS) is 20.6. The number of hydrogen-bond acceptors (Lipinski definition) is 7. The number of aromatic nitrogens is 6. The van der Waals surface area contributed by atoms with Gasteiger partial charge in [-0.05, 0) is 28.5 Å². The van der Waals surface area contributed by atoms with Gasteiger partial charge in [-0.25, -0.2) is 13.6 Å². The minimum atomic E-state index is -4.44. The Morgan fingerprint density at radius 3 is 2.74 bits per heavy atom. The van der Waals surface area contributed by atoms with E-state index in [-0.39, 0.29) is 23.8 Å². The van der Waals surface area contributed by atoms with Crippen LogP contribution in [0.4, 0.5) is 23.5 Å². The first-order valence-electron chi connectivity index (χ1n) is 10.8. The van der Waals surface area contributed by atoms with Crippen molar-refractivity contribution >= 4 is 22.5 Å². The van der Waals surface area contributed by atoms with E-state index in [9.17, 15) is 22.5 Å². The third-order valence-corrected chi connectivity index (χ3v) is 6.11. The second kappa shape index (κ2) is 8.43. The van der Waals surface area contributed by atoms with Gasteiger partial charge in [0.05, 0.1) is 18.7 Å². The van der Waals surface area contributed by atoms with Crippen molar-refractivity contribution < 1.29 is 27.1 Å². The van der Waals surface area contributed by atoms with Gasteiger partial charge in [0.25, 0.3) is 0 Å². The van der Waals surface area contributed by atoms with E-state index >= 15 is 0 Å². The molecule has 1 fully saturated rings. The van der Waals surface area contributed by atoms with Crippen LogP contribution in [-0.4, -0.2) is 72.9 Å². The molecule has 1 unspecified atom stereocenters. The number of fused-ring (bicyclic) bond motifs is 2. The van der Waals surface area contributed by atoms with Crippen LogP contribution in [0.1, 0.15) is 12.8 Å². The van der Waals surface area contributed by atoms with E-state index in [4.69, 9.17) is 4.74 Å². The summed E-state index contributed by atoms with van der Waals surface area (Å²) in [6, 6.07) is 5.53. The highest BCUT2D eigenvalue weighted by molar-refractivity contribution is 5.89. The van der Waals surface area contributed by atoms with Gasteiger partial charge in [0.15, 0.2) is 7.05 Å². The van der Waals surface area contributed by atoms with Crippen LogP contribution < -0.4 is 10.1 Å². The molecule has 0 saturated heterocycles. The zero-order chi connectivity index (χ0) is 24.9. The lowest BCUT2D eigenvalue weighted by Gasteiger charge is -2.15. The molecule has 184 valence electrons. The largest absolute Gasteiger partial charge is 0.479 e. The van der Waals surface area contributed by atoms with E-state index in [1.165, 1.54) is 18.7 Å². The Hall–Kier alpha value is -3.84. The Balaban J connectivity index is 1.50. The Labute approximate surface area is 195 Å². The number of nitrogens with zero attached hydrogens (tertiary/aromatic N) is 7. The average molecular weight is 493 g/mol. The number of ether oxygens (including phenoxy) is 1. The highest BCUT2D eigenvalue weighted by atomic mass is 19.4. The summed E-state index contributed by atoms with van der Waals surface area (Å²) in [7, 11) is 2.79. The molecule has 0 amide bonds. The SMILES string of the molecule is COc1nc(N[C@@H]2CC([N+](C)=O)C[C@@H]2F)nn2ccc(-c3ccc4nnn(CC(F)(F)F)c4c3)c12. The molecule has 1 aliphatic carbocycles. The molecule has 0 bridgehead atoms. The zero-order valence-electron chi connectivity index (χ0n) is 18.7. The van der Waals surface area contributed by atoms with Gasteiger partial charge in [-0.1, -0.05) is 11.3 Å². The van der Waals surface area contributed by atoms with Gasteiger partial charge in [-0.3, -0.25) is 0 Å². The van der Waals surface area contributed by atoms with E-state index in [1.807, 2.05) is 0 Å². The summed E-state index contributed by atoms with van der Waals surface area (Å²) in [6.07, 6.45) is -3.61. The summed E-state index contributed by atoms with van der Waals surface area (Å²) in [5, 5.41) is 14.8. The number of alkyl halides is 4. The van der Waals surface area contributed by atoms with Crippen LogP contribution in [-0.2, 0) is 6.54 Å². The molecule has 1 saturated carbocycles. The van der Waals surface area contributed by atoms with Crippen LogP contribution in [0.3, 0.4) is 0 Å². The highest BCUT2D eigenvalue weighted by Crippen LogP contribution is 2.34. The van der Waals surface area contributed by atoms with Crippen molar-refractivity contribution in [2.45, 2.75) is 43.8 Å². The van der Waals surface area contributed by atoms with Crippen LogP contribution in [0.25, 0.3) is 27.7 Å². The van der Waals surface area contributed by atoms with Crippen molar-refractivity contribution in [3.63, 3.8) is 0 Å². The Bertz CT molecular complexity index is 1420. The van der Waals surface area contributed by atoms with Gasteiger partial charge in [-0.15, -0.1) is 10.2 Å². The van der Waals surface area contributed by atoms with Crippen LogP contribution >= 0.6 is 0 Å². The lowest BCUT2D eigenvalue weighted by molar-refractivity contribution is -0.557. The van der Waals surface area contributed by atoms with Gasteiger partial charge in [0.1, 0.15) is 23.7 Å². The van der Waals surface area contributed by atoms with Crippen molar-refractivity contribution in [2.75, 3.05) is 19.5 Å². The molecule has 3 heterocycles. The van der Waals surface area contributed by atoms with Crippen LogP contribution in [0.5, 0.6) is 5.88 Å². The predicted octanol–water partition coefficient (Wildman–Crippen LogP) is 3.40. The fourth-order valence-corrected chi connectivity index (χ4v) is 4.42. The topological polar surface area (TPSA) is 102 Å². The molecule has 1 aliphatic rings. The number of methoxy groups -OCH3 is 1. The first kappa shape index (κ1) is 22.9. The van der Waals surface area contributed by atoms with E-state index in [2.05, 4.69) is 25.7 Å². The van der Waals surface area contributed by atoms with Gasteiger partial charge < -0.3 is 10.1 Å². The Morgan fingerprint density at radius 2 is 2.06 bits per heavy atom. The number of benzene rings is 1. The molecule has 4 aromatic rings. The van der Waals surface area contributed by atoms with Gasteiger partial charge in [0.2, 0.25) is 17.9 Å². The first-order chi connectivity index (χ1) is 16.6. The number of nitroso groups, excluding NO2 is 1. The summed E-state index contributed by atoms with van der Waals surface area (Å²) >= 11 is 0. The van der Waals surface area contributed by atoms with Crippen molar-refractivity contribution in [3.8, 4) is 17.0 Å². The molecule has 14 heteroatoms. The molecule has 5 rings (SSSR count). The fourth-order valence-electron chi connectivity index (χ4n) is 4.42. The smallest absolute Gasteiger partial charge is 0.408 e. The second-order valence-electron chi connectivity index (χ2n) is 8.47. The molecule has 35 heavy (non-hydrogen) atoms. The Morgan fingerprint density at radius 1 is 1.26 bits per heavy atom. The van der Waals surface area contributed by atoms with Gasteiger partial charge in [0, 0.05) is 29.5 Å². The summed E-state index contributed by atoms with van der Waals surface area (Å²) < 4.78 is 61.7. The fraction of sp³-hybridized carbons (Fsp3) is 0.429. The molecule has 3 aromatic heterocycles. The van der Waals surface area contributed by atoms with Gasteiger partial charge in [-0.2, -0.15) is 18.2 Å². The molecular formula is C21H21F4N8O2+. The lowest BCUT2D eigenvalue weighted by atomic mass is 10.1. The molecule has 1 aromatic carbocycles. The number of rotatable bonds is 6. The molecule has 0 spiro atoms. The number of nitrogens with one attached hydrogen (secondary N) is 1. The van der Waals surface area contributed by atoms with E-state index < -0.39 is 31.0 Å². The third kappa shape index (κ3) is 4.35. The van der Waals surface area contributed by atoms with Crippen molar-refractivity contribution in [2.24, 2.45) is 0 Å². The minimum Gasteiger partial charge on any atom is -0.479 e. The lowest BCUT2D eigenvalue weighted by Crippen LogP contribution is -2.27. The average Bonchev–Trinajstić information content (AvgIpc) is 3.49. The monoisotopic (exact) mass is 493 g/mol. The predicted molar refractivity (Wildman–Crippen MR) is 117 cm³/mol. The van der Waals surface area contributed by atoms with Crippen molar-refractivity contribution in [3.05, 3.63) is 35.4 Å². The molecule has 3 atom stereocenters. The quantitative estimate of drug-likeness (QED) is 0.325. The van der Waals surface area contributed by atoms with E-state index in [0.717, 1.165) is 9.44 Å². The zero-order valence-corrected chi connectivity index (χ0v) is 18.7. The number of halogens is 4. The maximum Gasteiger partial charge on any atom is 0.408 e. The van der Waals surface area contributed by atoms with Crippen molar-refractivity contribution in [1.82, 2.24) is 29.6 Å². The first-order valence-corrected chi connectivity index (χ1v) is 10.8. The summed E-state index contributed by atoms with van der Waals surface area (Å²) in [5.41, 5.74) is 2.25. The molecule has 0 aliphatic heterocycles. The van der Waals surface area contributed by atoms with Crippen LogP contribution in [0.15, 0.2) is 30.5 Å². The summed E-state index contributed by atoms with van der Waals surface area (Å²) in [5.74, 6) is 0.316. The Kier molecular flexibility index (Phi) is 5.52. The summed E-state index contributed by atoms with van der Waals surface area (Å²) in [6.45, 7) is -1.26.